The van der Waals surface area contributed by atoms with Crippen LogP contribution in [-0.4, -0.2) is 39.0 Å². The SMILES string of the molecule is CCOC(=O)C(C)(CN)CCS(=O)(=O)CC. The number of ether oxygens (including phenoxy) is 1. The van der Waals surface area contributed by atoms with Crippen LogP contribution in [0.15, 0.2) is 0 Å². The third-order valence-corrected chi connectivity index (χ3v) is 4.33. The number of carbonyl (C=O) groups is 1. The van der Waals surface area contributed by atoms with E-state index in [9.17, 15) is 13.2 Å². The maximum atomic E-state index is 11.6. The average molecular weight is 251 g/mol. The number of carbonyl (C=O) groups excluding carboxylic acids is 1. The lowest BCUT2D eigenvalue weighted by atomic mass is 9.88. The van der Waals surface area contributed by atoms with Crippen LogP contribution >= 0.6 is 0 Å². The van der Waals surface area contributed by atoms with Gasteiger partial charge in [0.1, 0.15) is 9.84 Å². The third kappa shape index (κ3) is 4.49. The van der Waals surface area contributed by atoms with Crippen molar-refractivity contribution in [3.63, 3.8) is 0 Å². The van der Waals surface area contributed by atoms with Gasteiger partial charge in [-0.3, -0.25) is 4.79 Å². The summed E-state index contributed by atoms with van der Waals surface area (Å²) in [5, 5.41) is 0. The molecule has 0 saturated heterocycles. The summed E-state index contributed by atoms with van der Waals surface area (Å²) in [6.45, 7) is 5.29. The van der Waals surface area contributed by atoms with E-state index in [1.165, 1.54) is 0 Å². The van der Waals surface area contributed by atoms with Gasteiger partial charge in [-0.2, -0.15) is 0 Å². The predicted octanol–water partition coefficient (Wildman–Crippen LogP) is 0.339. The molecule has 0 saturated carbocycles. The quantitative estimate of drug-likeness (QED) is 0.659. The molecular formula is C10H21NO4S. The Kier molecular flexibility index (Phi) is 5.96. The minimum absolute atomic E-state index is 0.0317. The smallest absolute Gasteiger partial charge is 0.313 e. The summed E-state index contributed by atoms with van der Waals surface area (Å²) in [5.41, 5.74) is 4.61. The monoisotopic (exact) mass is 251 g/mol. The summed E-state index contributed by atoms with van der Waals surface area (Å²) in [6, 6.07) is 0. The summed E-state index contributed by atoms with van der Waals surface area (Å²) < 4.78 is 27.6. The fourth-order valence-electron chi connectivity index (χ4n) is 1.12. The van der Waals surface area contributed by atoms with Gasteiger partial charge in [0.15, 0.2) is 0 Å². The van der Waals surface area contributed by atoms with E-state index in [0.717, 1.165) is 0 Å². The average Bonchev–Trinajstić information content (AvgIpc) is 2.26. The van der Waals surface area contributed by atoms with Crippen LogP contribution in [0, 0.1) is 5.41 Å². The number of hydrogen-bond donors (Lipinski definition) is 1. The van der Waals surface area contributed by atoms with Crippen molar-refractivity contribution >= 4 is 15.8 Å². The molecule has 96 valence electrons. The molecule has 0 aromatic rings. The van der Waals surface area contributed by atoms with Gasteiger partial charge in [-0.1, -0.05) is 6.92 Å². The highest BCUT2D eigenvalue weighted by molar-refractivity contribution is 7.91. The van der Waals surface area contributed by atoms with Crippen LogP contribution in [0.1, 0.15) is 27.2 Å². The van der Waals surface area contributed by atoms with Gasteiger partial charge in [-0.05, 0) is 20.3 Å². The Labute approximate surface area is 97.3 Å². The van der Waals surface area contributed by atoms with Crippen LogP contribution < -0.4 is 5.73 Å². The number of rotatable bonds is 7. The Bertz CT molecular complexity index is 326. The van der Waals surface area contributed by atoms with E-state index >= 15 is 0 Å². The van der Waals surface area contributed by atoms with E-state index in [4.69, 9.17) is 10.5 Å². The largest absolute Gasteiger partial charge is 0.466 e. The Morgan fingerprint density at radius 3 is 2.31 bits per heavy atom. The number of sulfone groups is 1. The van der Waals surface area contributed by atoms with Gasteiger partial charge in [0.2, 0.25) is 0 Å². The molecular weight excluding hydrogens is 230 g/mol. The van der Waals surface area contributed by atoms with E-state index < -0.39 is 21.2 Å². The molecule has 0 radical (unpaired) electrons. The Morgan fingerprint density at radius 1 is 1.38 bits per heavy atom. The maximum absolute atomic E-state index is 11.6. The molecule has 1 atom stereocenters. The molecule has 16 heavy (non-hydrogen) atoms. The summed E-state index contributed by atoms with van der Waals surface area (Å²) in [7, 11) is -3.07. The second-order valence-corrected chi connectivity index (χ2v) is 6.44. The van der Waals surface area contributed by atoms with Crippen LogP contribution in [0.4, 0.5) is 0 Å². The molecule has 0 fully saturated rings. The summed E-state index contributed by atoms with van der Waals surface area (Å²) in [5.74, 6) is -0.379. The molecule has 0 rings (SSSR count). The molecule has 0 bridgehead atoms. The van der Waals surface area contributed by atoms with Crippen molar-refractivity contribution in [2.75, 3.05) is 24.7 Å². The number of hydrogen-bond acceptors (Lipinski definition) is 5. The van der Waals surface area contributed by atoms with E-state index in [1.54, 1.807) is 20.8 Å². The Morgan fingerprint density at radius 2 is 1.94 bits per heavy atom. The number of esters is 1. The lowest BCUT2D eigenvalue weighted by molar-refractivity contribution is -0.153. The fraction of sp³-hybridized carbons (Fsp3) is 0.900. The Balaban J connectivity index is 4.55. The summed E-state index contributed by atoms with van der Waals surface area (Å²) in [6.07, 6.45) is 0.207. The van der Waals surface area contributed by atoms with Crippen LogP contribution in [0.25, 0.3) is 0 Å². The summed E-state index contributed by atoms with van der Waals surface area (Å²) >= 11 is 0. The second kappa shape index (κ2) is 6.20. The first-order valence-electron chi connectivity index (χ1n) is 5.39. The van der Waals surface area contributed by atoms with Gasteiger partial charge in [0.25, 0.3) is 0 Å². The van der Waals surface area contributed by atoms with E-state index in [2.05, 4.69) is 0 Å². The number of nitrogens with two attached hydrogens (primary N) is 1. The minimum Gasteiger partial charge on any atom is -0.466 e. The molecule has 0 aliphatic rings. The van der Waals surface area contributed by atoms with Gasteiger partial charge in [0, 0.05) is 12.3 Å². The molecule has 2 N–H and O–H groups in total. The van der Waals surface area contributed by atoms with Crippen molar-refractivity contribution in [2.24, 2.45) is 11.1 Å². The molecule has 5 nitrogen and oxygen atoms in total. The maximum Gasteiger partial charge on any atom is 0.313 e. The molecule has 0 aromatic carbocycles. The van der Waals surface area contributed by atoms with Crippen LogP contribution in [0.3, 0.4) is 0 Å². The molecule has 0 heterocycles. The van der Waals surface area contributed by atoms with Gasteiger partial charge < -0.3 is 10.5 Å². The minimum atomic E-state index is -3.07. The van der Waals surface area contributed by atoms with Gasteiger partial charge in [-0.15, -0.1) is 0 Å². The molecule has 1 unspecified atom stereocenters. The van der Waals surface area contributed by atoms with Crippen molar-refractivity contribution in [1.29, 1.82) is 0 Å². The first kappa shape index (κ1) is 15.4. The Hall–Kier alpha value is -0.620. The van der Waals surface area contributed by atoms with Gasteiger partial charge in [0.05, 0.1) is 17.8 Å². The molecule has 6 heteroatoms. The first-order chi connectivity index (χ1) is 7.31. The standard InChI is InChI=1S/C10H21NO4S/c1-4-15-9(12)10(3,8-11)6-7-16(13,14)5-2/h4-8,11H2,1-3H3. The third-order valence-electron chi connectivity index (χ3n) is 2.62. The zero-order valence-electron chi connectivity index (χ0n) is 10.2. The molecule has 0 aromatic heterocycles. The van der Waals surface area contributed by atoms with E-state index in [1.807, 2.05) is 0 Å². The second-order valence-electron chi connectivity index (χ2n) is 3.97. The van der Waals surface area contributed by atoms with Crippen LogP contribution in [-0.2, 0) is 19.4 Å². The highest BCUT2D eigenvalue weighted by atomic mass is 32.2. The van der Waals surface area contributed by atoms with E-state index in [-0.39, 0.29) is 31.1 Å². The van der Waals surface area contributed by atoms with Crippen molar-refractivity contribution in [3.05, 3.63) is 0 Å². The topological polar surface area (TPSA) is 86.5 Å². The molecule has 0 amide bonds. The lowest BCUT2D eigenvalue weighted by Gasteiger charge is -2.25. The van der Waals surface area contributed by atoms with Gasteiger partial charge in [-0.25, -0.2) is 8.42 Å². The predicted molar refractivity (Wildman–Crippen MR) is 62.7 cm³/mol. The highest BCUT2D eigenvalue weighted by Crippen LogP contribution is 2.22. The van der Waals surface area contributed by atoms with E-state index in [0.29, 0.717) is 0 Å². The van der Waals surface area contributed by atoms with Crippen molar-refractivity contribution < 1.29 is 17.9 Å². The normalized spacial score (nSPS) is 15.5. The van der Waals surface area contributed by atoms with Crippen molar-refractivity contribution in [3.8, 4) is 0 Å². The summed E-state index contributed by atoms with van der Waals surface area (Å²) in [4.78, 5) is 11.6. The van der Waals surface area contributed by atoms with Crippen LogP contribution in [0.5, 0.6) is 0 Å². The van der Waals surface area contributed by atoms with Crippen LogP contribution in [0.2, 0.25) is 0 Å². The molecule has 0 aliphatic heterocycles. The van der Waals surface area contributed by atoms with Crippen molar-refractivity contribution in [2.45, 2.75) is 27.2 Å². The zero-order chi connectivity index (χ0) is 12.8. The lowest BCUT2D eigenvalue weighted by Crippen LogP contribution is -2.39. The zero-order valence-corrected chi connectivity index (χ0v) is 11.0. The fourth-order valence-corrected chi connectivity index (χ4v) is 2.17. The first-order valence-corrected chi connectivity index (χ1v) is 7.21. The highest BCUT2D eigenvalue weighted by Gasteiger charge is 2.34. The molecule has 0 spiro atoms. The molecule has 0 aliphatic carbocycles. The van der Waals surface area contributed by atoms with Crippen molar-refractivity contribution in [1.82, 2.24) is 0 Å². The van der Waals surface area contributed by atoms with Gasteiger partial charge >= 0.3 is 5.97 Å².